The quantitative estimate of drug-likeness (QED) is 0.868. The van der Waals surface area contributed by atoms with Crippen molar-refractivity contribution in [2.75, 3.05) is 11.9 Å². The van der Waals surface area contributed by atoms with E-state index in [1.807, 2.05) is 19.1 Å². The SMILES string of the molecule is CCCNC(C)C(=O)Nc1ccccc1Cl.Cl. The van der Waals surface area contributed by atoms with Crippen LogP contribution in [0.15, 0.2) is 24.3 Å². The van der Waals surface area contributed by atoms with E-state index >= 15 is 0 Å². The Morgan fingerprint density at radius 3 is 2.65 bits per heavy atom. The molecule has 0 fully saturated rings. The van der Waals surface area contributed by atoms with Gasteiger partial charge in [0, 0.05) is 0 Å². The Kier molecular flexibility index (Phi) is 7.96. The van der Waals surface area contributed by atoms with Gasteiger partial charge in [0.25, 0.3) is 0 Å². The van der Waals surface area contributed by atoms with Gasteiger partial charge < -0.3 is 10.6 Å². The second kappa shape index (κ2) is 8.34. The smallest absolute Gasteiger partial charge is 0.241 e. The molecule has 2 N–H and O–H groups in total. The van der Waals surface area contributed by atoms with E-state index in [1.165, 1.54) is 0 Å². The predicted molar refractivity (Wildman–Crippen MR) is 75.1 cm³/mol. The summed E-state index contributed by atoms with van der Waals surface area (Å²) in [5.41, 5.74) is 0.652. The molecule has 1 aromatic rings. The number of anilines is 1. The Morgan fingerprint density at radius 1 is 1.41 bits per heavy atom. The number of carbonyl (C=O) groups excluding carboxylic acids is 1. The number of rotatable bonds is 5. The van der Waals surface area contributed by atoms with Crippen LogP contribution in [0.2, 0.25) is 5.02 Å². The van der Waals surface area contributed by atoms with Crippen molar-refractivity contribution in [3.05, 3.63) is 29.3 Å². The van der Waals surface area contributed by atoms with Crippen LogP contribution in [0.1, 0.15) is 20.3 Å². The van der Waals surface area contributed by atoms with Crippen LogP contribution in [-0.4, -0.2) is 18.5 Å². The summed E-state index contributed by atoms with van der Waals surface area (Å²) in [6.45, 7) is 4.73. The highest BCUT2D eigenvalue weighted by molar-refractivity contribution is 6.33. The van der Waals surface area contributed by atoms with Crippen molar-refractivity contribution in [2.24, 2.45) is 0 Å². The van der Waals surface area contributed by atoms with E-state index in [4.69, 9.17) is 11.6 Å². The van der Waals surface area contributed by atoms with Gasteiger partial charge in [-0.15, -0.1) is 12.4 Å². The summed E-state index contributed by atoms with van der Waals surface area (Å²) in [7, 11) is 0. The van der Waals surface area contributed by atoms with E-state index < -0.39 is 0 Å². The minimum absolute atomic E-state index is 0. The summed E-state index contributed by atoms with van der Waals surface area (Å²) < 4.78 is 0. The van der Waals surface area contributed by atoms with Crippen LogP contribution < -0.4 is 10.6 Å². The summed E-state index contributed by atoms with van der Waals surface area (Å²) in [6, 6.07) is 6.99. The van der Waals surface area contributed by atoms with Crippen molar-refractivity contribution in [3.63, 3.8) is 0 Å². The zero-order valence-electron chi connectivity index (χ0n) is 10.00. The molecule has 1 rings (SSSR count). The molecule has 0 aromatic heterocycles. The maximum absolute atomic E-state index is 11.7. The molecule has 0 heterocycles. The molecule has 0 radical (unpaired) electrons. The lowest BCUT2D eigenvalue weighted by molar-refractivity contribution is -0.117. The van der Waals surface area contributed by atoms with Gasteiger partial charge >= 0.3 is 0 Å². The first-order valence-corrected chi connectivity index (χ1v) is 5.81. The summed E-state index contributed by atoms with van der Waals surface area (Å²) in [5, 5.41) is 6.46. The summed E-state index contributed by atoms with van der Waals surface area (Å²) in [5.74, 6) is -0.0680. The van der Waals surface area contributed by atoms with Crippen LogP contribution in [0.3, 0.4) is 0 Å². The number of nitrogens with one attached hydrogen (secondary N) is 2. The van der Waals surface area contributed by atoms with Gasteiger partial charge in [0.05, 0.1) is 16.8 Å². The first-order chi connectivity index (χ1) is 7.65. The molecule has 0 aliphatic heterocycles. The molecule has 17 heavy (non-hydrogen) atoms. The molecule has 3 nitrogen and oxygen atoms in total. The van der Waals surface area contributed by atoms with E-state index in [0.29, 0.717) is 10.7 Å². The monoisotopic (exact) mass is 276 g/mol. The fourth-order valence-corrected chi connectivity index (χ4v) is 1.44. The van der Waals surface area contributed by atoms with Crippen molar-refractivity contribution in [2.45, 2.75) is 26.3 Å². The number of amides is 1. The molecule has 1 aromatic carbocycles. The topological polar surface area (TPSA) is 41.1 Å². The maximum Gasteiger partial charge on any atom is 0.241 e. The third-order valence-corrected chi connectivity index (χ3v) is 2.56. The van der Waals surface area contributed by atoms with Gasteiger partial charge in [0.15, 0.2) is 0 Å². The third-order valence-electron chi connectivity index (χ3n) is 2.23. The van der Waals surface area contributed by atoms with Gasteiger partial charge in [0.1, 0.15) is 0 Å². The van der Waals surface area contributed by atoms with Crippen LogP contribution >= 0.6 is 24.0 Å². The largest absolute Gasteiger partial charge is 0.323 e. The lowest BCUT2D eigenvalue weighted by atomic mass is 10.2. The highest BCUT2D eigenvalue weighted by Crippen LogP contribution is 2.20. The highest BCUT2D eigenvalue weighted by atomic mass is 35.5. The van der Waals surface area contributed by atoms with Crippen molar-refractivity contribution in [1.29, 1.82) is 0 Å². The van der Waals surface area contributed by atoms with Gasteiger partial charge in [-0.2, -0.15) is 0 Å². The van der Waals surface area contributed by atoms with Crippen molar-refractivity contribution < 1.29 is 4.79 Å². The minimum Gasteiger partial charge on any atom is -0.323 e. The Balaban J connectivity index is 0.00000256. The molecule has 0 saturated heterocycles. The van der Waals surface area contributed by atoms with Gasteiger partial charge in [-0.3, -0.25) is 4.79 Å². The fourth-order valence-electron chi connectivity index (χ4n) is 1.26. The van der Waals surface area contributed by atoms with Gasteiger partial charge in [0.2, 0.25) is 5.91 Å². The average molecular weight is 277 g/mol. The summed E-state index contributed by atoms with van der Waals surface area (Å²) >= 11 is 5.94. The van der Waals surface area contributed by atoms with Crippen LogP contribution in [0.5, 0.6) is 0 Å². The Labute approximate surface area is 113 Å². The molecule has 1 amide bonds. The predicted octanol–water partition coefficient (Wildman–Crippen LogP) is 3.09. The first kappa shape index (κ1) is 16.2. The van der Waals surface area contributed by atoms with Crippen molar-refractivity contribution >= 4 is 35.6 Å². The zero-order valence-corrected chi connectivity index (χ0v) is 11.6. The fraction of sp³-hybridized carbons (Fsp3) is 0.417. The van der Waals surface area contributed by atoms with Crippen LogP contribution in [0, 0.1) is 0 Å². The Hall–Kier alpha value is -0.770. The number of hydrogen-bond donors (Lipinski definition) is 2. The van der Waals surface area contributed by atoms with Crippen molar-refractivity contribution in [3.8, 4) is 0 Å². The van der Waals surface area contributed by atoms with Crippen LogP contribution in [0.25, 0.3) is 0 Å². The number of halogens is 2. The molecule has 0 saturated carbocycles. The maximum atomic E-state index is 11.7. The third kappa shape index (κ3) is 5.39. The lowest BCUT2D eigenvalue weighted by Gasteiger charge is -2.14. The average Bonchev–Trinajstić information content (AvgIpc) is 2.28. The zero-order chi connectivity index (χ0) is 12.0. The lowest BCUT2D eigenvalue weighted by Crippen LogP contribution is -2.38. The number of carbonyl (C=O) groups is 1. The molecule has 0 bridgehead atoms. The molecule has 96 valence electrons. The molecule has 0 aliphatic carbocycles. The molecule has 5 heteroatoms. The number of benzene rings is 1. The standard InChI is InChI=1S/C12H17ClN2O.ClH/c1-3-8-14-9(2)12(16)15-11-7-5-4-6-10(11)13;/h4-7,9,14H,3,8H2,1-2H3,(H,15,16);1H. The van der Waals surface area contributed by atoms with Gasteiger partial charge in [-0.05, 0) is 32.0 Å². The van der Waals surface area contributed by atoms with Gasteiger partial charge in [-0.1, -0.05) is 30.7 Å². The minimum atomic E-state index is -0.212. The Bertz CT molecular complexity index is 358. The second-order valence-corrected chi connectivity index (χ2v) is 4.05. The Morgan fingerprint density at radius 2 is 2.06 bits per heavy atom. The van der Waals surface area contributed by atoms with Crippen LogP contribution in [0.4, 0.5) is 5.69 Å². The van der Waals surface area contributed by atoms with E-state index in [1.54, 1.807) is 12.1 Å². The highest BCUT2D eigenvalue weighted by Gasteiger charge is 2.12. The van der Waals surface area contributed by atoms with Gasteiger partial charge in [-0.25, -0.2) is 0 Å². The molecule has 1 atom stereocenters. The van der Waals surface area contributed by atoms with E-state index in [2.05, 4.69) is 17.6 Å². The number of para-hydroxylation sites is 1. The normalized spacial score (nSPS) is 11.5. The molecule has 0 spiro atoms. The molecule has 1 unspecified atom stereocenters. The molecular formula is C12H18Cl2N2O. The first-order valence-electron chi connectivity index (χ1n) is 5.44. The van der Waals surface area contributed by atoms with E-state index in [9.17, 15) is 4.79 Å². The molecule has 0 aliphatic rings. The molecular weight excluding hydrogens is 259 g/mol. The second-order valence-electron chi connectivity index (χ2n) is 3.64. The van der Waals surface area contributed by atoms with E-state index in [0.717, 1.165) is 13.0 Å². The number of hydrogen-bond acceptors (Lipinski definition) is 2. The summed E-state index contributed by atoms with van der Waals surface area (Å²) in [4.78, 5) is 11.7. The van der Waals surface area contributed by atoms with Crippen molar-refractivity contribution in [1.82, 2.24) is 5.32 Å². The van der Waals surface area contributed by atoms with E-state index in [-0.39, 0.29) is 24.4 Å². The van der Waals surface area contributed by atoms with Crippen LogP contribution in [-0.2, 0) is 4.79 Å². The summed E-state index contributed by atoms with van der Waals surface area (Å²) in [6.07, 6.45) is 1.00.